The van der Waals surface area contributed by atoms with Gasteiger partial charge in [-0.05, 0) is 20.8 Å². The number of rotatable bonds is 7. The second-order valence-corrected chi connectivity index (χ2v) is 4.53. The van der Waals surface area contributed by atoms with Crippen molar-refractivity contribution >= 4 is 6.09 Å². The molecule has 0 aromatic heterocycles. The molecule has 0 aromatic rings. The Morgan fingerprint density at radius 1 is 1.12 bits per heavy atom. The van der Waals surface area contributed by atoms with E-state index in [9.17, 15) is 4.79 Å². The van der Waals surface area contributed by atoms with Gasteiger partial charge in [-0.1, -0.05) is 0 Å². The van der Waals surface area contributed by atoms with E-state index in [-0.39, 0.29) is 26.4 Å². The molecule has 0 aromatic carbocycles. The lowest BCUT2D eigenvalue weighted by atomic mass is 10.2. The lowest BCUT2D eigenvalue weighted by Gasteiger charge is -2.26. The van der Waals surface area contributed by atoms with Crippen LogP contribution in [-0.2, 0) is 9.47 Å². The number of ether oxygens (including phenoxy) is 2. The number of aliphatic hydroxyl groups excluding tert-OH is 2. The van der Waals surface area contributed by atoms with Gasteiger partial charge in [0.2, 0.25) is 0 Å². The van der Waals surface area contributed by atoms with Crippen molar-refractivity contribution in [1.29, 1.82) is 0 Å². The molecule has 0 fully saturated rings. The van der Waals surface area contributed by atoms with Crippen molar-refractivity contribution in [3.05, 3.63) is 0 Å². The highest BCUT2D eigenvalue weighted by molar-refractivity contribution is 5.68. The van der Waals surface area contributed by atoms with E-state index in [0.717, 1.165) is 0 Å². The zero-order chi connectivity index (χ0) is 13.3. The first kappa shape index (κ1) is 16.1. The summed E-state index contributed by atoms with van der Waals surface area (Å²) in [5.74, 6) is 0. The molecule has 0 radical (unpaired) electrons. The summed E-state index contributed by atoms with van der Waals surface area (Å²) < 4.78 is 10.2. The zero-order valence-electron chi connectivity index (χ0n) is 10.8. The predicted octanol–water partition coefficient (Wildman–Crippen LogP) is 0.225. The molecule has 0 aliphatic rings. The first-order chi connectivity index (χ1) is 7.90. The minimum absolute atomic E-state index is 0.0492. The molecule has 1 amide bonds. The van der Waals surface area contributed by atoms with Gasteiger partial charge in [0.05, 0.1) is 26.4 Å². The van der Waals surface area contributed by atoms with Crippen molar-refractivity contribution in [2.24, 2.45) is 0 Å². The van der Waals surface area contributed by atoms with Crippen LogP contribution in [0.1, 0.15) is 20.8 Å². The molecule has 0 atom stereocenters. The van der Waals surface area contributed by atoms with E-state index in [0.29, 0.717) is 13.2 Å². The lowest BCUT2D eigenvalue weighted by molar-refractivity contribution is 0.0122. The summed E-state index contributed by atoms with van der Waals surface area (Å²) in [6.07, 6.45) is -0.473. The van der Waals surface area contributed by atoms with Gasteiger partial charge in [-0.2, -0.15) is 0 Å². The standard InChI is InChI=1S/C11H23NO5/c1-11(2,3)17-10(15)12(4-6-13)5-8-16-9-7-14/h13-14H,4-9H2,1-3H3. The number of carbonyl (C=O) groups excluding carboxylic acids is 1. The molecule has 0 saturated carbocycles. The van der Waals surface area contributed by atoms with Crippen LogP contribution in [0.4, 0.5) is 4.79 Å². The van der Waals surface area contributed by atoms with Crippen LogP contribution in [0.15, 0.2) is 0 Å². The normalized spacial score (nSPS) is 11.4. The summed E-state index contributed by atoms with van der Waals surface area (Å²) >= 11 is 0. The molecule has 17 heavy (non-hydrogen) atoms. The van der Waals surface area contributed by atoms with Gasteiger partial charge < -0.3 is 24.6 Å². The topological polar surface area (TPSA) is 79.2 Å². The summed E-state index contributed by atoms with van der Waals surface area (Å²) in [5, 5.41) is 17.4. The maximum Gasteiger partial charge on any atom is 0.410 e. The monoisotopic (exact) mass is 249 g/mol. The minimum Gasteiger partial charge on any atom is -0.444 e. The fraction of sp³-hybridized carbons (Fsp3) is 0.909. The summed E-state index contributed by atoms with van der Waals surface area (Å²) in [7, 11) is 0. The van der Waals surface area contributed by atoms with E-state index < -0.39 is 11.7 Å². The number of hydrogen-bond acceptors (Lipinski definition) is 5. The van der Waals surface area contributed by atoms with E-state index in [1.165, 1.54) is 4.90 Å². The van der Waals surface area contributed by atoms with Crippen molar-refractivity contribution in [3.63, 3.8) is 0 Å². The third-order valence-electron chi connectivity index (χ3n) is 1.76. The Balaban J connectivity index is 4.07. The van der Waals surface area contributed by atoms with Gasteiger partial charge in [0.15, 0.2) is 0 Å². The molecular weight excluding hydrogens is 226 g/mol. The van der Waals surface area contributed by atoms with Crippen molar-refractivity contribution in [2.75, 3.05) is 39.5 Å². The van der Waals surface area contributed by atoms with Crippen LogP contribution in [0.25, 0.3) is 0 Å². The second kappa shape index (κ2) is 8.27. The lowest BCUT2D eigenvalue weighted by Crippen LogP contribution is -2.40. The molecular formula is C11H23NO5. The largest absolute Gasteiger partial charge is 0.444 e. The highest BCUT2D eigenvalue weighted by Crippen LogP contribution is 2.09. The van der Waals surface area contributed by atoms with Crippen LogP contribution in [0.3, 0.4) is 0 Å². The Kier molecular flexibility index (Phi) is 7.86. The molecule has 0 saturated heterocycles. The Hall–Kier alpha value is -0.850. The van der Waals surface area contributed by atoms with Crippen LogP contribution >= 0.6 is 0 Å². The van der Waals surface area contributed by atoms with Crippen molar-refractivity contribution in [1.82, 2.24) is 4.90 Å². The highest BCUT2D eigenvalue weighted by atomic mass is 16.6. The molecule has 0 rings (SSSR count). The minimum atomic E-state index is -0.559. The second-order valence-electron chi connectivity index (χ2n) is 4.53. The molecule has 102 valence electrons. The number of carbonyl (C=O) groups is 1. The van der Waals surface area contributed by atoms with Crippen LogP contribution in [-0.4, -0.2) is 66.3 Å². The maximum atomic E-state index is 11.7. The summed E-state index contributed by atoms with van der Waals surface area (Å²) in [4.78, 5) is 13.1. The average molecular weight is 249 g/mol. The average Bonchev–Trinajstić information content (AvgIpc) is 2.20. The van der Waals surface area contributed by atoms with E-state index in [2.05, 4.69) is 0 Å². The Labute approximate surface area is 102 Å². The van der Waals surface area contributed by atoms with Gasteiger partial charge in [0.25, 0.3) is 0 Å². The molecule has 0 aliphatic carbocycles. The number of aliphatic hydroxyl groups is 2. The van der Waals surface area contributed by atoms with Gasteiger partial charge in [-0.15, -0.1) is 0 Å². The first-order valence-electron chi connectivity index (χ1n) is 5.68. The molecule has 0 aliphatic heterocycles. The molecule has 6 heteroatoms. The Morgan fingerprint density at radius 2 is 1.76 bits per heavy atom. The van der Waals surface area contributed by atoms with Crippen molar-refractivity contribution < 1.29 is 24.5 Å². The molecule has 0 bridgehead atoms. The predicted molar refractivity (Wildman–Crippen MR) is 62.8 cm³/mol. The number of hydrogen-bond donors (Lipinski definition) is 2. The smallest absolute Gasteiger partial charge is 0.410 e. The summed E-state index contributed by atoms with van der Waals surface area (Å²) in [6.45, 7) is 6.25. The molecule has 0 spiro atoms. The maximum absolute atomic E-state index is 11.7. The molecule has 6 nitrogen and oxygen atoms in total. The molecule has 2 N–H and O–H groups in total. The number of amides is 1. The summed E-state index contributed by atoms with van der Waals surface area (Å²) in [6, 6.07) is 0. The van der Waals surface area contributed by atoms with Crippen LogP contribution in [0.5, 0.6) is 0 Å². The van der Waals surface area contributed by atoms with Gasteiger partial charge in [-0.3, -0.25) is 0 Å². The van der Waals surface area contributed by atoms with Gasteiger partial charge >= 0.3 is 6.09 Å². The van der Waals surface area contributed by atoms with E-state index >= 15 is 0 Å². The Morgan fingerprint density at radius 3 is 2.24 bits per heavy atom. The third kappa shape index (κ3) is 8.91. The van der Waals surface area contributed by atoms with E-state index in [1.54, 1.807) is 20.8 Å². The van der Waals surface area contributed by atoms with Gasteiger partial charge in [0, 0.05) is 13.1 Å². The van der Waals surface area contributed by atoms with E-state index in [1.807, 2.05) is 0 Å². The number of nitrogens with zero attached hydrogens (tertiary/aromatic N) is 1. The summed E-state index contributed by atoms with van der Waals surface area (Å²) in [5.41, 5.74) is -0.559. The fourth-order valence-corrected chi connectivity index (χ4v) is 1.08. The molecule has 0 heterocycles. The van der Waals surface area contributed by atoms with Gasteiger partial charge in [-0.25, -0.2) is 4.79 Å². The van der Waals surface area contributed by atoms with Crippen LogP contribution < -0.4 is 0 Å². The Bertz CT molecular complexity index is 214. The fourth-order valence-electron chi connectivity index (χ4n) is 1.08. The molecule has 0 unspecified atom stereocenters. The van der Waals surface area contributed by atoms with E-state index in [4.69, 9.17) is 19.7 Å². The zero-order valence-corrected chi connectivity index (χ0v) is 10.8. The quantitative estimate of drug-likeness (QED) is 0.631. The van der Waals surface area contributed by atoms with Crippen molar-refractivity contribution in [3.8, 4) is 0 Å². The first-order valence-corrected chi connectivity index (χ1v) is 5.68. The van der Waals surface area contributed by atoms with Gasteiger partial charge in [0.1, 0.15) is 5.60 Å². The highest BCUT2D eigenvalue weighted by Gasteiger charge is 2.21. The van der Waals surface area contributed by atoms with Crippen LogP contribution in [0, 0.1) is 0 Å². The van der Waals surface area contributed by atoms with Crippen LogP contribution in [0.2, 0.25) is 0 Å². The SMILES string of the molecule is CC(C)(C)OC(=O)N(CCO)CCOCCO. The third-order valence-corrected chi connectivity index (χ3v) is 1.76. The van der Waals surface area contributed by atoms with Crippen molar-refractivity contribution in [2.45, 2.75) is 26.4 Å².